The molecule has 0 bridgehead atoms. The minimum absolute atomic E-state index is 0.0777. The van der Waals surface area contributed by atoms with E-state index in [-0.39, 0.29) is 40.9 Å². The maximum Gasteiger partial charge on any atom is 0.296 e. The van der Waals surface area contributed by atoms with Crippen molar-refractivity contribution in [3.8, 4) is 11.8 Å². The van der Waals surface area contributed by atoms with Crippen molar-refractivity contribution in [1.82, 2.24) is 0 Å². The highest BCUT2D eigenvalue weighted by molar-refractivity contribution is 7.98. The lowest BCUT2D eigenvalue weighted by atomic mass is 9.72. The van der Waals surface area contributed by atoms with Crippen molar-refractivity contribution in [3.63, 3.8) is 0 Å². The van der Waals surface area contributed by atoms with Crippen molar-refractivity contribution < 1.29 is 14.5 Å². The third kappa shape index (κ3) is 4.82. The number of Topliss-reactive ketones (excluding diaryl/α,β-unsaturated/α-hetero) is 1. The van der Waals surface area contributed by atoms with Crippen LogP contribution in [-0.2, 0) is 4.79 Å². The number of ether oxygens (including phenoxy) is 1. The Morgan fingerprint density at radius 3 is 2.45 bits per heavy atom. The summed E-state index contributed by atoms with van der Waals surface area (Å²) in [4.78, 5) is 28.4. The van der Waals surface area contributed by atoms with E-state index in [1.807, 2.05) is 60.9 Å². The number of carbonyl (C=O) groups excluding carboxylic acids is 1. The number of rotatable bonds is 7. The number of anilines is 1. The van der Waals surface area contributed by atoms with Gasteiger partial charge in [-0.3, -0.25) is 19.8 Å². The predicted octanol–water partition coefficient (Wildman–Crippen LogP) is 6.41. The third-order valence-electron chi connectivity index (χ3n) is 7.38. The number of carbonyl (C=O) groups is 1. The molecule has 2 aliphatic rings. The second-order valence-corrected chi connectivity index (χ2v) is 10.5. The molecule has 1 heterocycles. The number of nitrogens with two attached hydrogens (primary N) is 1. The molecule has 0 unspecified atom stereocenters. The summed E-state index contributed by atoms with van der Waals surface area (Å²) in [7, 11) is 0. The largest absolute Gasteiger partial charge is 0.494 e. The highest BCUT2D eigenvalue weighted by Gasteiger charge is 2.44. The lowest BCUT2D eigenvalue weighted by Crippen LogP contribution is -2.40. The van der Waals surface area contributed by atoms with Gasteiger partial charge >= 0.3 is 0 Å². The minimum Gasteiger partial charge on any atom is -0.494 e. The van der Waals surface area contributed by atoms with Crippen LogP contribution >= 0.6 is 11.8 Å². The summed E-state index contributed by atoms with van der Waals surface area (Å²) in [6, 6.07) is 24.3. The van der Waals surface area contributed by atoms with Gasteiger partial charge in [0.15, 0.2) is 5.78 Å². The van der Waals surface area contributed by atoms with Crippen LogP contribution in [0, 0.1) is 21.4 Å². The summed E-state index contributed by atoms with van der Waals surface area (Å²) in [6.45, 7) is 2.14. The number of ketones is 1. The summed E-state index contributed by atoms with van der Waals surface area (Å²) >= 11 is 1.60. The van der Waals surface area contributed by atoms with Crippen molar-refractivity contribution in [3.05, 3.63) is 117 Å². The van der Waals surface area contributed by atoms with Gasteiger partial charge in [-0.05, 0) is 60.9 Å². The molecule has 0 saturated carbocycles. The number of benzene rings is 3. The monoisotopic (exact) mass is 552 g/mol. The van der Waals surface area contributed by atoms with E-state index in [0.717, 1.165) is 16.0 Å². The fraction of sp³-hybridized carbons (Fsp3) is 0.226. The lowest BCUT2D eigenvalue weighted by molar-refractivity contribution is -0.384. The Bertz CT molecular complexity index is 1580. The maximum atomic E-state index is 14.0. The Hall–Kier alpha value is -4.55. The smallest absolute Gasteiger partial charge is 0.296 e. The summed E-state index contributed by atoms with van der Waals surface area (Å²) in [5, 5.41) is 22.6. The maximum absolute atomic E-state index is 14.0. The van der Waals surface area contributed by atoms with Crippen molar-refractivity contribution in [1.29, 1.82) is 5.26 Å². The highest BCUT2D eigenvalue weighted by atomic mass is 32.2. The molecule has 9 heteroatoms. The van der Waals surface area contributed by atoms with Crippen LogP contribution in [0.15, 0.2) is 100 Å². The Morgan fingerprint density at radius 2 is 1.82 bits per heavy atom. The number of thioether (sulfide) groups is 1. The molecule has 0 aromatic heterocycles. The van der Waals surface area contributed by atoms with Crippen molar-refractivity contribution in [2.75, 3.05) is 17.8 Å². The molecule has 5 rings (SSSR count). The first-order chi connectivity index (χ1) is 19.4. The lowest BCUT2D eigenvalue weighted by Gasteiger charge is -2.41. The van der Waals surface area contributed by atoms with Crippen LogP contribution < -0.4 is 15.4 Å². The summed E-state index contributed by atoms with van der Waals surface area (Å²) in [6.07, 6.45) is 2.67. The van der Waals surface area contributed by atoms with E-state index < -0.39 is 10.8 Å². The molecule has 40 heavy (non-hydrogen) atoms. The van der Waals surface area contributed by atoms with Crippen LogP contribution in [0.3, 0.4) is 0 Å². The number of allylic oxidation sites excluding steroid dienone is 3. The molecule has 0 radical (unpaired) electrons. The molecule has 1 aliphatic carbocycles. The summed E-state index contributed by atoms with van der Waals surface area (Å²) in [5.41, 5.74) is 9.68. The van der Waals surface area contributed by atoms with E-state index in [0.29, 0.717) is 30.0 Å². The predicted molar refractivity (Wildman–Crippen MR) is 155 cm³/mol. The zero-order chi connectivity index (χ0) is 28.4. The fourth-order valence-electron chi connectivity index (χ4n) is 5.59. The third-order valence-corrected chi connectivity index (χ3v) is 8.13. The van der Waals surface area contributed by atoms with Crippen LogP contribution in [0.4, 0.5) is 11.4 Å². The van der Waals surface area contributed by atoms with Crippen LogP contribution in [0.5, 0.6) is 5.75 Å². The van der Waals surface area contributed by atoms with E-state index in [1.54, 1.807) is 35.7 Å². The van der Waals surface area contributed by atoms with Crippen LogP contribution in [0.25, 0.3) is 0 Å². The van der Waals surface area contributed by atoms with Crippen LogP contribution in [0.2, 0.25) is 0 Å². The SMILES string of the molecule is CCOc1ccc(N2C(N)=C(C#N)[C@@H](c3ccc(SC)cc3)C3=C2C[C@H](c2ccccc2)CC3=O)c([N+](=O)[O-])c1. The van der Waals surface area contributed by atoms with Gasteiger partial charge < -0.3 is 10.5 Å². The van der Waals surface area contributed by atoms with Gasteiger partial charge in [0.1, 0.15) is 17.3 Å². The molecular formula is C31H28N4O4S. The number of nitriles is 1. The van der Waals surface area contributed by atoms with Gasteiger partial charge in [0.05, 0.1) is 35.2 Å². The zero-order valence-electron chi connectivity index (χ0n) is 22.2. The molecule has 8 nitrogen and oxygen atoms in total. The second-order valence-electron chi connectivity index (χ2n) is 9.59. The average molecular weight is 553 g/mol. The molecule has 0 spiro atoms. The van der Waals surface area contributed by atoms with Gasteiger partial charge in [-0.15, -0.1) is 11.8 Å². The van der Waals surface area contributed by atoms with E-state index >= 15 is 0 Å². The number of nitro benzene ring substituents is 1. The molecule has 0 amide bonds. The van der Waals surface area contributed by atoms with Crippen molar-refractivity contribution >= 4 is 28.9 Å². The molecule has 202 valence electrons. The second kappa shape index (κ2) is 11.3. The zero-order valence-corrected chi connectivity index (χ0v) is 23.0. The number of hydrogen-bond acceptors (Lipinski definition) is 8. The first-order valence-corrected chi connectivity index (χ1v) is 14.2. The van der Waals surface area contributed by atoms with Crippen LogP contribution in [-0.4, -0.2) is 23.6 Å². The number of hydrogen-bond donors (Lipinski definition) is 1. The van der Waals surface area contributed by atoms with Gasteiger partial charge in [0.2, 0.25) is 0 Å². The topological polar surface area (TPSA) is 122 Å². The van der Waals surface area contributed by atoms with Crippen molar-refractivity contribution in [2.45, 2.75) is 36.5 Å². The molecule has 2 atom stereocenters. The Balaban J connectivity index is 1.75. The van der Waals surface area contributed by atoms with Gasteiger partial charge in [0.25, 0.3) is 5.69 Å². The standard InChI is InChI=1S/C31H28N4O4S/c1-3-39-22-11-14-25(26(17-22)35(37)38)34-27-15-21(19-7-5-4-6-8-19)16-28(36)30(27)29(24(18-32)31(34)33)20-9-12-23(40-2)13-10-20/h4-14,17,21,29H,3,15-16,33H2,1-2H3/t21-,29+/m0/s1. The van der Waals surface area contributed by atoms with Crippen LogP contribution in [0.1, 0.15) is 42.7 Å². The Kier molecular flexibility index (Phi) is 7.63. The van der Waals surface area contributed by atoms with E-state index in [9.17, 15) is 20.2 Å². The van der Waals surface area contributed by atoms with E-state index in [2.05, 4.69) is 6.07 Å². The first kappa shape index (κ1) is 27.0. The normalized spacial score (nSPS) is 18.8. The van der Waals surface area contributed by atoms with Crippen molar-refractivity contribution in [2.24, 2.45) is 5.73 Å². The molecule has 0 fully saturated rings. The molecule has 0 saturated heterocycles. The van der Waals surface area contributed by atoms with Gasteiger partial charge in [-0.25, -0.2) is 0 Å². The Labute approximate surface area is 236 Å². The van der Waals surface area contributed by atoms with Gasteiger partial charge in [0, 0.05) is 22.6 Å². The molecule has 1 aliphatic heterocycles. The highest BCUT2D eigenvalue weighted by Crippen LogP contribution is 2.50. The van der Waals surface area contributed by atoms with E-state index in [1.165, 1.54) is 6.07 Å². The fourth-order valence-corrected chi connectivity index (χ4v) is 6.00. The first-order valence-electron chi connectivity index (χ1n) is 12.9. The van der Waals surface area contributed by atoms with Gasteiger partial charge in [-0.1, -0.05) is 42.5 Å². The molecule has 2 N–H and O–H groups in total. The number of nitro groups is 1. The van der Waals surface area contributed by atoms with E-state index in [4.69, 9.17) is 10.5 Å². The quantitative estimate of drug-likeness (QED) is 0.203. The molecular weight excluding hydrogens is 524 g/mol. The van der Waals surface area contributed by atoms with Gasteiger partial charge in [-0.2, -0.15) is 5.26 Å². The minimum atomic E-state index is -0.668. The molecule has 3 aromatic rings. The Morgan fingerprint density at radius 1 is 1.10 bits per heavy atom. The molecule has 3 aromatic carbocycles. The average Bonchev–Trinajstić information content (AvgIpc) is 2.97. The number of nitrogens with zero attached hydrogens (tertiary/aromatic N) is 3. The summed E-state index contributed by atoms with van der Waals surface area (Å²) in [5.74, 6) is -0.492. The summed E-state index contributed by atoms with van der Waals surface area (Å²) < 4.78 is 5.51.